The molecular formula is C13H13BrFN3O. The van der Waals surface area contributed by atoms with Crippen LogP contribution < -0.4 is 10.5 Å². The van der Waals surface area contributed by atoms with Crippen LogP contribution in [0.3, 0.4) is 0 Å². The second-order valence-corrected chi connectivity index (χ2v) is 4.89. The lowest BCUT2D eigenvalue weighted by Gasteiger charge is -2.08. The number of nitrogens with two attached hydrogens (primary N) is 1. The van der Waals surface area contributed by atoms with E-state index in [0.29, 0.717) is 22.5 Å². The van der Waals surface area contributed by atoms with Gasteiger partial charge in [0.1, 0.15) is 11.6 Å². The Morgan fingerprint density at radius 1 is 1.32 bits per heavy atom. The first kappa shape index (κ1) is 13.7. The van der Waals surface area contributed by atoms with Crippen LogP contribution in [0.2, 0.25) is 0 Å². The van der Waals surface area contributed by atoms with Crippen molar-refractivity contribution in [2.24, 2.45) is 0 Å². The maximum Gasteiger partial charge on any atom is 0.224 e. The number of nitrogens with zero attached hydrogens (tertiary/aromatic N) is 2. The van der Waals surface area contributed by atoms with Crippen LogP contribution >= 0.6 is 15.9 Å². The van der Waals surface area contributed by atoms with E-state index in [-0.39, 0.29) is 11.6 Å². The minimum Gasteiger partial charge on any atom is -0.436 e. The predicted octanol–water partition coefficient (Wildman–Crippen LogP) is 3.71. The van der Waals surface area contributed by atoms with Gasteiger partial charge in [0.25, 0.3) is 0 Å². The number of rotatable bonds is 4. The summed E-state index contributed by atoms with van der Waals surface area (Å²) in [4.78, 5) is 8.28. The Balaban J connectivity index is 2.27. The maximum atomic E-state index is 13.7. The molecule has 4 nitrogen and oxygen atoms in total. The third-order valence-corrected chi connectivity index (χ3v) is 2.84. The van der Waals surface area contributed by atoms with E-state index < -0.39 is 5.82 Å². The first-order valence-corrected chi connectivity index (χ1v) is 6.64. The summed E-state index contributed by atoms with van der Waals surface area (Å²) in [5.41, 5.74) is 5.67. The topological polar surface area (TPSA) is 61.0 Å². The standard InChI is InChI=1S/C13H13BrFN3O/c1-2-3-12-17-11(16)7-13(18-12)19-10-5-4-8(14)6-9(10)15/h4-7H,2-3H2,1H3,(H2,16,17,18). The molecule has 0 unspecified atom stereocenters. The van der Waals surface area contributed by atoms with Gasteiger partial charge in [-0.2, -0.15) is 4.98 Å². The highest BCUT2D eigenvalue weighted by Crippen LogP contribution is 2.26. The van der Waals surface area contributed by atoms with E-state index in [0.717, 1.165) is 6.42 Å². The highest BCUT2D eigenvalue weighted by atomic mass is 79.9. The van der Waals surface area contributed by atoms with Crippen molar-refractivity contribution in [3.8, 4) is 11.6 Å². The Morgan fingerprint density at radius 2 is 2.11 bits per heavy atom. The molecule has 0 aliphatic carbocycles. The van der Waals surface area contributed by atoms with Gasteiger partial charge in [0.05, 0.1) is 0 Å². The van der Waals surface area contributed by atoms with Crippen molar-refractivity contribution in [2.75, 3.05) is 5.73 Å². The van der Waals surface area contributed by atoms with Crippen molar-refractivity contribution < 1.29 is 9.13 Å². The first-order chi connectivity index (χ1) is 9.08. The van der Waals surface area contributed by atoms with Crippen LogP contribution in [0.25, 0.3) is 0 Å². The monoisotopic (exact) mass is 325 g/mol. The summed E-state index contributed by atoms with van der Waals surface area (Å²) in [5, 5.41) is 0. The van der Waals surface area contributed by atoms with Gasteiger partial charge < -0.3 is 10.5 Å². The zero-order chi connectivity index (χ0) is 13.8. The molecule has 2 N–H and O–H groups in total. The van der Waals surface area contributed by atoms with Gasteiger partial charge in [-0.1, -0.05) is 22.9 Å². The zero-order valence-corrected chi connectivity index (χ0v) is 11.9. The van der Waals surface area contributed by atoms with E-state index >= 15 is 0 Å². The molecule has 1 aromatic carbocycles. The summed E-state index contributed by atoms with van der Waals surface area (Å²) in [6, 6.07) is 6.01. The number of anilines is 1. The Labute approximate surface area is 119 Å². The molecule has 2 aromatic rings. The van der Waals surface area contributed by atoms with Gasteiger partial charge in [-0.25, -0.2) is 9.37 Å². The van der Waals surface area contributed by atoms with Crippen LogP contribution in [-0.2, 0) is 6.42 Å². The molecule has 1 heterocycles. The van der Waals surface area contributed by atoms with Crippen LogP contribution in [-0.4, -0.2) is 9.97 Å². The second-order valence-electron chi connectivity index (χ2n) is 3.97. The minimum absolute atomic E-state index is 0.101. The fraction of sp³-hybridized carbons (Fsp3) is 0.231. The molecule has 6 heteroatoms. The Morgan fingerprint density at radius 3 is 2.79 bits per heavy atom. The average molecular weight is 326 g/mol. The average Bonchev–Trinajstić information content (AvgIpc) is 2.32. The number of benzene rings is 1. The van der Waals surface area contributed by atoms with E-state index in [1.165, 1.54) is 18.2 Å². The second kappa shape index (κ2) is 5.97. The zero-order valence-electron chi connectivity index (χ0n) is 10.4. The molecule has 0 atom stereocenters. The molecule has 2 rings (SSSR count). The molecule has 19 heavy (non-hydrogen) atoms. The number of aryl methyl sites for hydroxylation is 1. The molecule has 0 spiro atoms. The summed E-state index contributed by atoms with van der Waals surface area (Å²) in [7, 11) is 0. The number of hydrogen-bond donors (Lipinski definition) is 1. The normalized spacial score (nSPS) is 10.5. The number of halogens is 2. The molecule has 1 aromatic heterocycles. The van der Waals surface area contributed by atoms with E-state index in [2.05, 4.69) is 25.9 Å². The van der Waals surface area contributed by atoms with Gasteiger partial charge in [0.2, 0.25) is 5.88 Å². The SMILES string of the molecule is CCCc1nc(N)cc(Oc2ccc(Br)cc2F)n1. The largest absolute Gasteiger partial charge is 0.436 e. The number of hydrogen-bond acceptors (Lipinski definition) is 4. The van der Waals surface area contributed by atoms with Crippen molar-refractivity contribution in [1.82, 2.24) is 9.97 Å². The van der Waals surface area contributed by atoms with Crippen LogP contribution in [0.5, 0.6) is 11.6 Å². The van der Waals surface area contributed by atoms with Crippen LogP contribution in [0.4, 0.5) is 10.2 Å². The number of ether oxygens (including phenoxy) is 1. The van der Waals surface area contributed by atoms with E-state index in [1.807, 2.05) is 6.92 Å². The van der Waals surface area contributed by atoms with Crippen molar-refractivity contribution in [3.63, 3.8) is 0 Å². The van der Waals surface area contributed by atoms with Gasteiger partial charge >= 0.3 is 0 Å². The van der Waals surface area contributed by atoms with Crippen molar-refractivity contribution in [1.29, 1.82) is 0 Å². The van der Waals surface area contributed by atoms with E-state index in [9.17, 15) is 4.39 Å². The van der Waals surface area contributed by atoms with Gasteiger partial charge in [-0.3, -0.25) is 0 Å². The molecule has 0 amide bonds. The molecule has 0 bridgehead atoms. The summed E-state index contributed by atoms with van der Waals surface area (Å²) < 4.78 is 19.7. The lowest BCUT2D eigenvalue weighted by Crippen LogP contribution is -2.01. The summed E-state index contributed by atoms with van der Waals surface area (Å²) in [6.45, 7) is 2.02. The van der Waals surface area contributed by atoms with Gasteiger partial charge in [0.15, 0.2) is 11.6 Å². The molecular weight excluding hydrogens is 313 g/mol. The highest BCUT2D eigenvalue weighted by Gasteiger charge is 2.08. The lowest BCUT2D eigenvalue weighted by molar-refractivity contribution is 0.424. The van der Waals surface area contributed by atoms with Crippen molar-refractivity contribution >= 4 is 21.7 Å². The van der Waals surface area contributed by atoms with Crippen molar-refractivity contribution in [2.45, 2.75) is 19.8 Å². The van der Waals surface area contributed by atoms with Crippen LogP contribution in [0.1, 0.15) is 19.2 Å². The van der Waals surface area contributed by atoms with Crippen molar-refractivity contribution in [3.05, 3.63) is 40.4 Å². The fourth-order valence-corrected chi connectivity index (χ4v) is 1.88. The highest BCUT2D eigenvalue weighted by molar-refractivity contribution is 9.10. The maximum absolute atomic E-state index is 13.7. The predicted molar refractivity (Wildman–Crippen MR) is 74.6 cm³/mol. The van der Waals surface area contributed by atoms with Gasteiger partial charge in [-0.05, 0) is 24.6 Å². The first-order valence-electron chi connectivity index (χ1n) is 5.85. The Hall–Kier alpha value is -1.69. The molecule has 0 aliphatic rings. The molecule has 0 saturated heterocycles. The van der Waals surface area contributed by atoms with Crippen LogP contribution in [0, 0.1) is 5.82 Å². The Bertz CT molecular complexity index is 592. The summed E-state index contributed by atoms with van der Waals surface area (Å²) in [5.74, 6) is 0.783. The molecule has 0 saturated carbocycles. The van der Waals surface area contributed by atoms with Crippen LogP contribution in [0.15, 0.2) is 28.7 Å². The Kier molecular flexibility index (Phi) is 4.31. The smallest absolute Gasteiger partial charge is 0.224 e. The number of nitrogen functional groups attached to an aromatic ring is 1. The van der Waals surface area contributed by atoms with E-state index in [4.69, 9.17) is 10.5 Å². The quantitative estimate of drug-likeness (QED) is 0.930. The molecule has 0 aliphatic heterocycles. The summed E-state index contributed by atoms with van der Waals surface area (Å²) >= 11 is 3.18. The van der Waals surface area contributed by atoms with Gasteiger partial charge in [-0.15, -0.1) is 0 Å². The molecule has 0 fully saturated rings. The lowest BCUT2D eigenvalue weighted by atomic mass is 10.3. The minimum atomic E-state index is -0.469. The summed E-state index contributed by atoms with van der Waals surface area (Å²) in [6.07, 6.45) is 1.60. The van der Waals surface area contributed by atoms with E-state index in [1.54, 1.807) is 6.07 Å². The fourth-order valence-electron chi connectivity index (χ4n) is 1.55. The number of aromatic nitrogens is 2. The molecule has 100 valence electrons. The third-order valence-electron chi connectivity index (χ3n) is 2.35. The third kappa shape index (κ3) is 3.64. The molecule has 0 radical (unpaired) electrons. The van der Waals surface area contributed by atoms with Gasteiger partial charge in [0, 0.05) is 17.0 Å².